The van der Waals surface area contributed by atoms with Crippen molar-refractivity contribution in [3.63, 3.8) is 0 Å². The molecule has 0 aromatic heterocycles. The van der Waals surface area contributed by atoms with Crippen molar-refractivity contribution in [2.75, 3.05) is 32.1 Å². The molecular formula is C15H21F3N2O. The van der Waals surface area contributed by atoms with E-state index in [2.05, 4.69) is 17.3 Å². The molecule has 1 aliphatic rings. The highest BCUT2D eigenvalue weighted by Gasteiger charge is 2.28. The number of benzene rings is 1. The normalized spacial score (nSPS) is 20.3. The lowest BCUT2D eigenvalue weighted by molar-refractivity contribution is -0.153. The van der Waals surface area contributed by atoms with Crippen LogP contribution >= 0.6 is 0 Å². The number of hydrogen-bond acceptors (Lipinski definition) is 3. The topological polar surface area (TPSA) is 24.5 Å². The molecule has 0 amide bonds. The number of likely N-dealkylation sites (N-methyl/N-ethyl adjacent to an activating group) is 1. The van der Waals surface area contributed by atoms with Gasteiger partial charge < -0.3 is 15.0 Å². The first kappa shape index (κ1) is 15.9. The molecule has 1 N–H and O–H groups in total. The van der Waals surface area contributed by atoms with Gasteiger partial charge in [0.2, 0.25) is 0 Å². The molecular weight excluding hydrogens is 281 g/mol. The average molecular weight is 302 g/mol. The molecule has 1 saturated heterocycles. The van der Waals surface area contributed by atoms with Crippen molar-refractivity contribution < 1.29 is 17.9 Å². The monoisotopic (exact) mass is 302 g/mol. The molecule has 1 atom stereocenters. The van der Waals surface area contributed by atoms with Gasteiger partial charge in [0.05, 0.1) is 5.69 Å². The van der Waals surface area contributed by atoms with Gasteiger partial charge in [0.25, 0.3) is 0 Å². The Morgan fingerprint density at radius 3 is 2.76 bits per heavy atom. The number of hydrogen-bond donors (Lipinski definition) is 1. The van der Waals surface area contributed by atoms with Crippen LogP contribution in [0.2, 0.25) is 0 Å². The summed E-state index contributed by atoms with van der Waals surface area (Å²) in [5, 5.41) is 3.22. The Morgan fingerprint density at radius 1 is 1.29 bits per heavy atom. The number of nitrogens with one attached hydrogen (secondary N) is 1. The van der Waals surface area contributed by atoms with E-state index < -0.39 is 12.8 Å². The number of piperidine rings is 1. The predicted octanol–water partition coefficient (Wildman–Crippen LogP) is 3.52. The maximum Gasteiger partial charge on any atom is 0.422 e. The van der Waals surface area contributed by atoms with Crippen LogP contribution in [0.25, 0.3) is 0 Å². The second kappa shape index (κ2) is 7.02. The molecule has 1 aliphatic heterocycles. The SMILES string of the molecule is CN1CCCCC1CNc1ccccc1OCC(F)(F)F. The van der Waals surface area contributed by atoms with Crippen LogP contribution in [0.1, 0.15) is 19.3 Å². The minimum absolute atomic E-state index is 0.244. The summed E-state index contributed by atoms with van der Waals surface area (Å²) in [4.78, 5) is 2.29. The number of nitrogens with zero attached hydrogens (tertiary/aromatic N) is 1. The lowest BCUT2D eigenvalue weighted by Crippen LogP contribution is -2.40. The third-order valence-electron chi connectivity index (χ3n) is 3.73. The molecule has 6 heteroatoms. The summed E-state index contributed by atoms with van der Waals surface area (Å²) in [5.74, 6) is 0.244. The van der Waals surface area contributed by atoms with Gasteiger partial charge in [-0.2, -0.15) is 13.2 Å². The molecule has 1 unspecified atom stereocenters. The zero-order chi connectivity index (χ0) is 15.3. The van der Waals surface area contributed by atoms with Crippen molar-refractivity contribution in [3.05, 3.63) is 24.3 Å². The van der Waals surface area contributed by atoms with Crippen LogP contribution in [0.5, 0.6) is 5.75 Å². The van der Waals surface area contributed by atoms with E-state index in [1.807, 2.05) is 0 Å². The average Bonchev–Trinajstić information content (AvgIpc) is 2.44. The van der Waals surface area contributed by atoms with Crippen LogP contribution in [-0.4, -0.2) is 43.9 Å². The fraction of sp³-hybridized carbons (Fsp3) is 0.600. The molecule has 1 fully saturated rings. The van der Waals surface area contributed by atoms with Crippen molar-refractivity contribution in [2.45, 2.75) is 31.5 Å². The standard InChI is InChI=1S/C15H21F3N2O/c1-20-9-5-4-6-12(20)10-19-13-7-2-3-8-14(13)21-11-15(16,17)18/h2-3,7-8,12,19H,4-6,9-11H2,1H3. The van der Waals surface area contributed by atoms with Crippen molar-refractivity contribution >= 4 is 5.69 Å². The highest BCUT2D eigenvalue weighted by Crippen LogP contribution is 2.27. The lowest BCUT2D eigenvalue weighted by Gasteiger charge is -2.32. The number of halogens is 3. The molecule has 3 nitrogen and oxygen atoms in total. The highest BCUT2D eigenvalue weighted by atomic mass is 19.4. The number of likely N-dealkylation sites (tertiary alicyclic amines) is 1. The molecule has 2 rings (SSSR count). The lowest BCUT2D eigenvalue weighted by atomic mass is 10.0. The highest BCUT2D eigenvalue weighted by molar-refractivity contribution is 5.56. The maximum atomic E-state index is 12.2. The summed E-state index contributed by atoms with van der Waals surface area (Å²) in [6.45, 7) is 0.510. The summed E-state index contributed by atoms with van der Waals surface area (Å²) in [5.41, 5.74) is 0.612. The van der Waals surface area contributed by atoms with E-state index in [0.717, 1.165) is 13.0 Å². The summed E-state index contributed by atoms with van der Waals surface area (Å²) >= 11 is 0. The number of anilines is 1. The molecule has 0 aliphatic carbocycles. The summed E-state index contributed by atoms with van der Waals surface area (Å²) in [7, 11) is 2.08. The molecule has 0 bridgehead atoms. The Kier molecular flexibility index (Phi) is 5.33. The molecule has 118 valence electrons. The number of alkyl halides is 3. The molecule has 21 heavy (non-hydrogen) atoms. The zero-order valence-corrected chi connectivity index (χ0v) is 12.1. The minimum Gasteiger partial charge on any atom is -0.482 e. The first-order chi connectivity index (χ1) is 9.96. The fourth-order valence-corrected chi connectivity index (χ4v) is 2.53. The van der Waals surface area contributed by atoms with Crippen molar-refractivity contribution in [2.24, 2.45) is 0 Å². The minimum atomic E-state index is -4.32. The molecule has 0 radical (unpaired) electrons. The van der Waals surface area contributed by atoms with Crippen molar-refractivity contribution in [1.82, 2.24) is 4.90 Å². The van der Waals surface area contributed by atoms with E-state index in [4.69, 9.17) is 4.74 Å². The second-order valence-corrected chi connectivity index (χ2v) is 5.41. The Bertz CT molecular complexity index is 451. The Balaban J connectivity index is 1.93. The third kappa shape index (κ3) is 5.12. The number of para-hydroxylation sites is 2. The number of rotatable bonds is 5. The Hall–Kier alpha value is -1.43. The van der Waals surface area contributed by atoms with Crippen LogP contribution in [-0.2, 0) is 0 Å². The van der Waals surface area contributed by atoms with Gasteiger partial charge in [-0.3, -0.25) is 0 Å². The summed E-state index contributed by atoms with van der Waals surface area (Å²) in [6, 6.07) is 7.17. The van der Waals surface area contributed by atoms with E-state index in [1.54, 1.807) is 24.3 Å². The van der Waals surface area contributed by atoms with Gasteiger partial charge in [-0.1, -0.05) is 18.6 Å². The van der Waals surface area contributed by atoms with E-state index >= 15 is 0 Å². The molecule has 1 aromatic carbocycles. The van der Waals surface area contributed by atoms with E-state index in [9.17, 15) is 13.2 Å². The molecule has 0 saturated carbocycles. The van der Waals surface area contributed by atoms with Gasteiger partial charge in [-0.15, -0.1) is 0 Å². The third-order valence-corrected chi connectivity index (χ3v) is 3.73. The van der Waals surface area contributed by atoms with Gasteiger partial charge in [0, 0.05) is 12.6 Å². The van der Waals surface area contributed by atoms with E-state index in [1.165, 1.54) is 12.8 Å². The Morgan fingerprint density at radius 2 is 2.05 bits per heavy atom. The fourth-order valence-electron chi connectivity index (χ4n) is 2.53. The quantitative estimate of drug-likeness (QED) is 0.900. The van der Waals surface area contributed by atoms with Gasteiger partial charge >= 0.3 is 6.18 Å². The van der Waals surface area contributed by atoms with Crippen LogP contribution in [0.4, 0.5) is 18.9 Å². The van der Waals surface area contributed by atoms with Gasteiger partial charge in [-0.05, 0) is 38.6 Å². The number of ether oxygens (including phenoxy) is 1. The molecule has 1 aromatic rings. The largest absolute Gasteiger partial charge is 0.482 e. The first-order valence-corrected chi connectivity index (χ1v) is 7.18. The second-order valence-electron chi connectivity index (χ2n) is 5.41. The van der Waals surface area contributed by atoms with Crippen LogP contribution in [0.15, 0.2) is 24.3 Å². The molecule has 0 spiro atoms. The van der Waals surface area contributed by atoms with Crippen LogP contribution < -0.4 is 10.1 Å². The van der Waals surface area contributed by atoms with Crippen molar-refractivity contribution in [3.8, 4) is 5.75 Å². The van der Waals surface area contributed by atoms with Crippen LogP contribution in [0.3, 0.4) is 0 Å². The summed E-state index contributed by atoms with van der Waals surface area (Å²) < 4.78 is 41.6. The Labute approximate surface area is 123 Å². The van der Waals surface area contributed by atoms with Crippen LogP contribution in [0, 0.1) is 0 Å². The van der Waals surface area contributed by atoms with E-state index in [-0.39, 0.29) is 5.75 Å². The zero-order valence-electron chi connectivity index (χ0n) is 12.1. The first-order valence-electron chi connectivity index (χ1n) is 7.18. The van der Waals surface area contributed by atoms with Gasteiger partial charge in [0.1, 0.15) is 5.75 Å². The van der Waals surface area contributed by atoms with Gasteiger partial charge in [0.15, 0.2) is 6.61 Å². The van der Waals surface area contributed by atoms with Gasteiger partial charge in [-0.25, -0.2) is 0 Å². The maximum absolute atomic E-state index is 12.2. The van der Waals surface area contributed by atoms with E-state index in [0.29, 0.717) is 18.3 Å². The molecule has 1 heterocycles. The van der Waals surface area contributed by atoms with Crippen molar-refractivity contribution in [1.29, 1.82) is 0 Å². The summed E-state index contributed by atoms with van der Waals surface area (Å²) in [6.07, 6.45) is -0.813. The predicted molar refractivity (Wildman–Crippen MR) is 76.8 cm³/mol. The smallest absolute Gasteiger partial charge is 0.422 e.